The second-order valence-electron chi connectivity index (χ2n) is 6.96. The number of methoxy groups -OCH3 is 1. The molecule has 1 heterocycles. The highest BCUT2D eigenvalue weighted by Gasteiger charge is 2.55. The molecule has 0 bridgehead atoms. The molecule has 2 fully saturated rings. The fourth-order valence-corrected chi connectivity index (χ4v) is 4.26. The van der Waals surface area contributed by atoms with Gasteiger partial charge in [-0.2, -0.15) is 0 Å². The third-order valence-electron chi connectivity index (χ3n) is 5.59. The standard InChI is InChI=1S/C18H23FN2O4/c1-11(15-13(19)6-3-7-14(15)25-2)20-17(24)21-9-12-5-4-8-18(12,10-21)16(22)23/h3,6-7,11-12H,4-5,8-10H2,1-2H3,(H,20,24)(H,22,23)/t11?,12-,18+/m0/s1. The number of ether oxygens (including phenoxy) is 1. The Morgan fingerprint density at radius 1 is 1.48 bits per heavy atom. The highest BCUT2D eigenvalue weighted by atomic mass is 19.1. The summed E-state index contributed by atoms with van der Waals surface area (Å²) in [7, 11) is 1.45. The van der Waals surface area contributed by atoms with Crippen molar-refractivity contribution in [1.29, 1.82) is 0 Å². The van der Waals surface area contributed by atoms with Gasteiger partial charge in [0.2, 0.25) is 0 Å². The van der Waals surface area contributed by atoms with Crippen molar-refractivity contribution in [3.63, 3.8) is 0 Å². The van der Waals surface area contributed by atoms with E-state index in [1.807, 2.05) is 0 Å². The van der Waals surface area contributed by atoms with E-state index < -0.39 is 23.2 Å². The van der Waals surface area contributed by atoms with E-state index in [0.717, 1.165) is 12.8 Å². The van der Waals surface area contributed by atoms with Crippen molar-refractivity contribution in [2.24, 2.45) is 11.3 Å². The number of nitrogens with zero attached hydrogens (tertiary/aromatic N) is 1. The van der Waals surface area contributed by atoms with Gasteiger partial charge in [0.05, 0.1) is 24.1 Å². The van der Waals surface area contributed by atoms with Gasteiger partial charge in [-0.3, -0.25) is 4.79 Å². The van der Waals surface area contributed by atoms with Gasteiger partial charge in [-0.05, 0) is 37.8 Å². The van der Waals surface area contributed by atoms with Gasteiger partial charge in [0.1, 0.15) is 11.6 Å². The Morgan fingerprint density at radius 2 is 2.24 bits per heavy atom. The molecule has 3 rings (SSSR count). The SMILES string of the molecule is COc1cccc(F)c1C(C)NC(=O)N1C[C@@H]2CCC[C@@]2(C(=O)O)C1. The highest BCUT2D eigenvalue weighted by Crippen LogP contribution is 2.48. The zero-order valence-corrected chi connectivity index (χ0v) is 14.4. The van der Waals surface area contributed by atoms with E-state index >= 15 is 0 Å². The van der Waals surface area contributed by atoms with Crippen LogP contribution in [0, 0.1) is 17.2 Å². The monoisotopic (exact) mass is 350 g/mol. The van der Waals surface area contributed by atoms with Gasteiger partial charge >= 0.3 is 12.0 Å². The van der Waals surface area contributed by atoms with E-state index in [4.69, 9.17) is 4.74 Å². The predicted molar refractivity (Wildman–Crippen MR) is 88.9 cm³/mol. The molecule has 25 heavy (non-hydrogen) atoms. The van der Waals surface area contributed by atoms with Gasteiger partial charge in [-0.25, -0.2) is 9.18 Å². The summed E-state index contributed by atoms with van der Waals surface area (Å²) in [5.41, 5.74) is -0.540. The van der Waals surface area contributed by atoms with Crippen molar-refractivity contribution in [2.45, 2.75) is 32.2 Å². The summed E-state index contributed by atoms with van der Waals surface area (Å²) in [5.74, 6) is -0.913. The van der Waals surface area contributed by atoms with Crippen LogP contribution in [0.25, 0.3) is 0 Å². The van der Waals surface area contributed by atoms with Crippen LogP contribution in [0.4, 0.5) is 9.18 Å². The summed E-state index contributed by atoms with van der Waals surface area (Å²) in [5, 5.41) is 12.4. The third-order valence-corrected chi connectivity index (χ3v) is 5.59. The van der Waals surface area contributed by atoms with Gasteiger partial charge in [0, 0.05) is 13.1 Å². The fraction of sp³-hybridized carbons (Fsp3) is 0.556. The number of amides is 2. The van der Waals surface area contributed by atoms with Crippen LogP contribution in [-0.4, -0.2) is 42.2 Å². The summed E-state index contributed by atoms with van der Waals surface area (Å²) in [6.07, 6.45) is 2.31. The zero-order valence-electron chi connectivity index (χ0n) is 14.4. The van der Waals surface area contributed by atoms with Crippen LogP contribution in [-0.2, 0) is 4.79 Å². The van der Waals surface area contributed by atoms with Crippen LogP contribution in [0.2, 0.25) is 0 Å². The molecule has 1 aliphatic carbocycles. The Hall–Kier alpha value is -2.31. The first-order chi connectivity index (χ1) is 11.9. The van der Waals surface area contributed by atoms with Crippen LogP contribution >= 0.6 is 0 Å². The summed E-state index contributed by atoms with van der Waals surface area (Å²) in [6, 6.07) is 3.54. The molecule has 6 nitrogen and oxygen atoms in total. The number of fused-ring (bicyclic) bond motifs is 1. The molecule has 2 N–H and O–H groups in total. The molecular weight excluding hydrogens is 327 g/mol. The smallest absolute Gasteiger partial charge is 0.317 e. The largest absolute Gasteiger partial charge is 0.496 e. The second-order valence-corrected chi connectivity index (χ2v) is 6.96. The molecule has 1 unspecified atom stereocenters. The summed E-state index contributed by atoms with van der Waals surface area (Å²) in [4.78, 5) is 25.9. The average Bonchev–Trinajstić information content (AvgIpc) is 3.12. The lowest BCUT2D eigenvalue weighted by Gasteiger charge is -2.25. The number of urea groups is 1. The number of likely N-dealkylation sites (tertiary alicyclic amines) is 1. The summed E-state index contributed by atoms with van der Waals surface area (Å²) >= 11 is 0. The number of carbonyl (C=O) groups is 2. The maximum Gasteiger partial charge on any atom is 0.317 e. The molecule has 1 saturated heterocycles. The van der Waals surface area contributed by atoms with E-state index in [0.29, 0.717) is 18.7 Å². The van der Waals surface area contributed by atoms with Crippen molar-refractivity contribution in [3.05, 3.63) is 29.6 Å². The molecule has 1 aliphatic heterocycles. The minimum Gasteiger partial charge on any atom is -0.496 e. The van der Waals surface area contributed by atoms with Crippen molar-refractivity contribution >= 4 is 12.0 Å². The molecule has 1 saturated carbocycles. The van der Waals surface area contributed by atoms with Crippen LogP contribution in [0.1, 0.15) is 37.8 Å². The molecule has 0 radical (unpaired) electrons. The van der Waals surface area contributed by atoms with Crippen LogP contribution in [0.3, 0.4) is 0 Å². The van der Waals surface area contributed by atoms with Crippen molar-refractivity contribution < 1.29 is 23.8 Å². The number of carbonyl (C=O) groups excluding carboxylic acids is 1. The number of rotatable bonds is 4. The summed E-state index contributed by atoms with van der Waals surface area (Å²) < 4.78 is 19.3. The van der Waals surface area contributed by atoms with Crippen molar-refractivity contribution in [1.82, 2.24) is 10.2 Å². The van der Waals surface area contributed by atoms with E-state index in [9.17, 15) is 19.1 Å². The first-order valence-corrected chi connectivity index (χ1v) is 8.50. The van der Waals surface area contributed by atoms with Crippen LogP contribution < -0.4 is 10.1 Å². The van der Waals surface area contributed by atoms with Gasteiger partial charge in [0.25, 0.3) is 0 Å². The predicted octanol–water partition coefficient (Wildman–Crippen LogP) is 2.79. The number of hydrogen-bond donors (Lipinski definition) is 2. The van der Waals surface area contributed by atoms with Gasteiger partial charge in [-0.1, -0.05) is 12.5 Å². The molecule has 2 aliphatic rings. The van der Waals surface area contributed by atoms with E-state index in [1.54, 1.807) is 24.0 Å². The van der Waals surface area contributed by atoms with E-state index in [2.05, 4.69) is 5.32 Å². The van der Waals surface area contributed by atoms with E-state index in [-0.39, 0.29) is 24.1 Å². The lowest BCUT2D eigenvalue weighted by Crippen LogP contribution is -2.42. The maximum absolute atomic E-state index is 14.1. The number of carboxylic acids is 1. The number of halogens is 1. The minimum absolute atomic E-state index is 0.00551. The molecule has 1 aromatic rings. The molecule has 0 aromatic heterocycles. The maximum atomic E-state index is 14.1. The number of nitrogens with one attached hydrogen (secondary N) is 1. The van der Waals surface area contributed by atoms with Crippen LogP contribution in [0.5, 0.6) is 5.75 Å². The molecular formula is C18H23FN2O4. The number of hydrogen-bond acceptors (Lipinski definition) is 3. The third kappa shape index (κ3) is 2.92. The number of carboxylic acid groups (broad SMARTS) is 1. The topological polar surface area (TPSA) is 78.9 Å². The Morgan fingerprint density at radius 3 is 2.88 bits per heavy atom. The molecule has 1 aromatic carbocycles. The lowest BCUT2D eigenvalue weighted by atomic mass is 9.81. The molecule has 136 valence electrons. The second kappa shape index (κ2) is 6.54. The normalized spacial score (nSPS) is 26.2. The minimum atomic E-state index is -0.825. The molecule has 3 atom stereocenters. The van der Waals surface area contributed by atoms with Crippen LogP contribution in [0.15, 0.2) is 18.2 Å². The number of benzene rings is 1. The fourth-order valence-electron chi connectivity index (χ4n) is 4.26. The molecule has 7 heteroatoms. The van der Waals surface area contributed by atoms with Crippen molar-refractivity contribution in [3.8, 4) is 5.75 Å². The Balaban J connectivity index is 1.73. The molecule has 0 spiro atoms. The van der Waals surface area contributed by atoms with Gasteiger partial charge in [0.15, 0.2) is 0 Å². The zero-order chi connectivity index (χ0) is 18.2. The molecule has 2 amide bonds. The quantitative estimate of drug-likeness (QED) is 0.875. The van der Waals surface area contributed by atoms with E-state index in [1.165, 1.54) is 13.2 Å². The van der Waals surface area contributed by atoms with Crippen molar-refractivity contribution in [2.75, 3.05) is 20.2 Å². The first-order valence-electron chi connectivity index (χ1n) is 8.50. The number of aliphatic carboxylic acids is 1. The highest BCUT2D eigenvalue weighted by molar-refractivity contribution is 5.80. The average molecular weight is 350 g/mol. The lowest BCUT2D eigenvalue weighted by molar-refractivity contribution is -0.149. The Bertz CT molecular complexity index is 696. The van der Waals surface area contributed by atoms with Gasteiger partial charge < -0.3 is 20.1 Å². The summed E-state index contributed by atoms with van der Waals surface area (Å²) in [6.45, 7) is 2.32. The van der Waals surface area contributed by atoms with Gasteiger partial charge in [-0.15, -0.1) is 0 Å². The first kappa shape index (κ1) is 17.5. The Labute approximate surface area is 146 Å². The Kier molecular flexibility index (Phi) is 4.58.